The summed E-state index contributed by atoms with van der Waals surface area (Å²) in [7, 11) is 1.56. The molecule has 2 aromatic carbocycles. The number of hydrogen-bond acceptors (Lipinski definition) is 7. The number of carbonyl (C=O) groups excluding carboxylic acids is 2. The van der Waals surface area contributed by atoms with Crippen molar-refractivity contribution in [2.24, 2.45) is 0 Å². The van der Waals surface area contributed by atoms with E-state index in [1.165, 1.54) is 6.08 Å². The standard InChI is InChI=1S/C31H38N2O6/c1-3-4-19-39-26-14-12-24(22-27(26)37-2)29-28(25(34)13-11-23-9-6-5-7-10-23)30(35)31(36)33(29)16-8-15-32-17-20-38-21-18-32/h5-7,9-14,22,29,35H,3-4,8,15-21H2,1-2H3/b13-11+. The maximum absolute atomic E-state index is 13.5. The monoisotopic (exact) mass is 534 g/mol. The normalized spacial score (nSPS) is 18.3. The van der Waals surface area contributed by atoms with Gasteiger partial charge in [0.1, 0.15) is 0 Å². The molecule has 0 aromatic heterocycles. The van der Waals surface area contributed by atoms with Gasteiger partial charge in [0.15, 0.2) is 23.0 Å². The number of morpholine rings is 1. The van der Waals surface area contributed by atoms with E-state index in [0.29, 0.717) is 49.8 Å². The lowest BCUT2D eigenvalue weighted by Crippen LogP contribution is -2.39. The van der Waals surface area contributed by atoms with Crippen molar-refractivity contribution in [1.82, 2.24) is 9.80 Å². The molecule has 2 aliphatic heterocycles. The van der Waals surface area contributed by atoms with Crippen LogP contribution in [0, 0.1) is 0 Å². The van der Waals surface area contributed by atoms with Crippen LogP contribution in [-0.4, -0.2) is 79.7 Å². The number of benzene rings is 2. The number of amides is 1. The lowest BCUT2D eigenvalue weighted by molar-refractivity contribution is -0.129. The van der Waals surface area contributed by atoms with E-state index in [1.54, 1.807) is 30.2 Å². The maximum atomic E-state index is 13.5. The summed E-state index contributed by atoms with van der Waals surface area (Å²) in [5, 5.41) is 11.0. The number of ketones is 1. The van der Waals surface area contributed by atoms with Gasteiger partial charge in [0.2, 0.25) is 0 Å². The van der Waals surface area contributed by atoms with E-state index in [0.717, 1.165) is 38.0 Å². The Hall–Kier alpha value is -3.62. The summed E-state index contributed by atoms with van der Waals surface area (Å²) in [5.41, 5.74) is 1.60. The molecule has 208 valence electrons. The Labute approximate surface area is 230 Å². The summed E-state index contributed by atoms with van der Waals surface area (Å²) in [4.78, 5) is 30.7. The van der Waals surface area contributed by atoms with Gasteiger partial charge in [-0.25, -0.2) is 0 Å². The van der Waals surface area contributed by atoms with E-state index in [4.69, 9.17) is 14.2 Å². The van der Waals surface area contributed by atoms with Gasteiger partial charge in [-0.05, 0) is 42.2 Å². The molecule has 39 heavy (non-hydrogen) atoms. The second kappa shape index (κ2) is 14.0. The number of rotatable bonds is 13. The van der Waals surface area contributed by atoms with Crippen molar-refractivity contribution in [1.29, 1.82) is 0 Å². The molecule has 4 rings (SSSR count). The number of hydrogen-bond donors (Lipinski definition) is 1. The molecule has 8 heteroatoms. The van der Waals surface area contributed by atoms with Gasteiger partial charge in [0.05, 0.1) is 38.5 Å². The van der Waals surface area contributed by atoms with Crippen LogP contribution >= 0.6 is 0 Å². The second-order valence-electron chi connectivity index (χ2n) is 9.69. The van der Waals surface area contributed by atoms with Gasteiger partial charge in [0.25, 0.3) is 5.91 Å². The Kier molecular flexibility index (Phi) is 10.2. The third-order valence-corrected chi connectivity index (χ3v) is 7.03. The molecule has 1 unspecified atom stereocenters. The first kappa shape index (κ1) is 28.4. The van der Waals surface area contributed by atoms with E-state index in [1.807, 2.05) is 36.4 Å². The van der Waals surface area contributed by atoms with E-state index in [2.05, 4.69) is 11.8 Å². The Morgan fingerprint density at radius 1 is 1.08 bits per heavy atom. The van der Waals surface area contributed by atoms with Crippen LogP contribution in [0.25, 0.3) is 6.08 Å². The molecule has 0 bridgehead atoms. The van der Waals surface area contributed by atoms with Gasteiger partial charge in [-0.1, -0.05) is 55.8 Å². The van der Waals surface area contributed by atoms with E-state index in [-0.39, 0.29) is 5.57 Å². The topological polar surface area (TPSA) is 88.5 Å². The Balaban J connectivity index is 1.62. The van der Waals surface area contributed by atoms with Crippen molar-refractivity contribution in [2.75, 3.05) is 53.1 Å². The number of carbonyl (C=O) groups is 2. The minimum Gasteiger partial charge on any atom is -0.503 e. The van der Waals surface area contributed by atoms with Gasteiger partial charge in [-0.2, -0.15) is 0 Å². The number of unbranched alkanes of at least 4 members (excludes halogenated alkanes) is 1. The van der Waals surface area contributed by atoms with Crippen molar-refractivity contribution in [3.05, 3.63) is 77.1 Å². The zero-order chi connectivity index (χ0) is 27.6. The van der Waals surface area contributed by atoms with E-state index in [9.17, 15) is 14.7 Å². The zero-order valence-corrected chi connectivity index (χ0v) is 22.8. The predicted molar refractivity (Wildman–Crippen MR) is 150 cm³/mol. The lowest BCUT2D eigenvalue weighted by atomic mass is 9.95. The van der Waals surface area contributed by atoms with E-state index < -0.39 is 23.5 Å². The molecule has 1 saturated heterocycles. The number of aliphatic hydroxyl groups is 1. The summed E-state index contributed by atoms with van der Waals surface area (Å²) in [5.74, 6) is -0.338. The van der Waals surface area contributed by atoms with Crippen molar-refractivity contribution in [3.8, 4) is 11.5 Å². The van der Waals surface area contributed by atoms with Crippen LogP contribution < -0.4 is 9.47 Å². The molecule has 0 aliphatic carbocycles. The van der Waals surface area contributed by atoms with Gasteiger partial charge >= 0.3 is 0 Å². The molecule has 0 spiro atoms. The number of allylic oxidation sites excluding steroid dienone is 1. The van der Waals surface area contributed by atoms with Crippen molar-refractivity contribution in [3.63, 3.8) is 0 Å². The number of nitrogens with zero attached hydrogens (tertiary/aromatic N) is 2. The van der Waals surface area contributed by atoms with Crippen LogP contribution in [0.1, 0.15) is 43.4 Å². The summed E-state index contributed by atoms with van der Waals surface area (Å²) >= 11 is 0. The third-order valence-electron chi connectivity index (χ3n) is 7.03. The lowest BCUT2D eigenvalue weighted by Gasteiger charge is -2.30. The van der Waals surface area contributed by atoms with Crippen LogP contribution in [-0.2, 0) is 14.3 Å². The quantitative estimate of drug-likeness (QED) is 0.297. The van der Waals surface area contributed by atoms with Crippen LogP contribution in [0.15, 0.2) is 65.9 Å². The molecular weight excluding hydrogens is 496 g/mol. The first-order chi connectivity index (χ1) is 19.0. The Morgan fingerprint density at radius 3 is 2.56 bits per heavy atom. The molecule has 0 saturated carbocycles. The molecule has 2 heterocycles. The zero-order valence-electron chi connectivity index (χ0n) is 22.8. The second-order valence-corrected chi connectivity index (χ2v) is 9.69. The average Bonchev–Trinajstić information content (AvgIpc) is 3.22. The largest absolute Gasteiger partial charge is 0.503 e. The van der Waals surface area contributed by atoms with Crippen molar-refractivity contribution >= 4 is 17.8 Å². The van der Waals surface area contributed by atoms with Crippen LogP contribution in [0.3, 0.4) is 0 Å². The van der Waals surface area contributed by atoms with Crippen molar-refractivity contribution in [2.45, 2.75) is 32.2 Å². The molecule has 2 aliphatic rings. The Bertz CT molecular complexity index is 1190. The summed E-state index contributed by atoms with van der Waals surface area (Å²) in [6.07, 6.45) is 5.73. The highest BCUT2D eigenvalue weighted by Crippen LogP contribution is 2.41. The first-order valence-corrected chi connectivity index (χ1v) is 13.7. The molecule has 1 fully saturated rings. The fourth-order valence-electron chi connectivity index (χ4n) is 4.90. The fraction of sp³-hybridized carbons (Fsp3) is 0.419. The fourth-order valence-corrected chi connectivity index (χ4v) is 4.90. The van der Waals surface area contributed by atoms with Gasteiger partial charge in [0, 0.05) is 26.2 Å². The highest BCUT2D eigenvalue weighted by Gasteiger charge is 2.43. The maximum Gasteiger partial charge on any atom is 0.290 e. The average molecular weight is 535 g/mol. The van der Waals surface area contributed by atoms with E-state index >= 15 is 0 Å². The number of ether oxygens (including phenoxy) is 3. The molecule has 0 radical (unpaired) electrons. The minimum absolute atomic E-state index is 0.0697. The molecule has 1 atom stereocenters. The predicted octanol–water partition coefficient (Wildman–Crippen LogP) is 4.57. The highest BCUT2D eigenvalue weighted by atomic mass is 16.5. The number of methoxy groups -OCH3 is 1. The summed E-state index contributed by atoms with van der Waals surface area (Å²) < 4.78 is 16.9. The first-order valence-electron chi connectivity index (χ1n) is 13.7. The molecule has 2 aromatic rings. The van der Waals surface area contributed by atoms with Gasteiger partial charge < -0.3 is 24.2 Å². The van der Waals surface area contributed by atoms with Crippen LogP contribution in [0.2, 0.25) is 0 Å². The minimum atomic E-state index is -0.742. The molecular formula is C31H38N2O6. The Morgan fingerprint density at radius 2 is 1.85 bits per heavy atom. The van der Waals surface area contributed by atoms with Crippen LogP contribution in [0.4, 0.5) is 0 Å². The van der Waals surface area contributed by atoms with Crippen LogP contribution in [0.5, 0.6) is 11.5 Å². The smallest absolute Gasteiger partial charge is 0.290 e. The third kappa shape index (κ3) is 7.07. The highest BCUT2D eigenvalue weighted by molar-refractivity contribution is 6.14. The van der Waals surface area contributed by atoms with Crippen molar-refractivity contribution < 1.29 is 28.9 Å². The molecule has 8 nitrogen and oxygen atoms in total. The number of aliphatic hydroxyl groups excluding tert-OH is 1. The van der Waals surface area contributed by atoms with Gasteiger partial charge in [-0.3, -0.25) is 14.5 Å². The summed E-state index contributed by atoms with van der Waals surface area (Å²) in [6, 6.07) is 14.1. The molecule has 1 N–H and O–H groups in total. The SMILES string of the molecule is CCCCOc1ccc(C2C(C(=O)/C=C/c3ccccc3)=C(O)C(=O)N2CCCN2CCOCC2)cc1OC. The summed E-state index contributed by atoms with van der Waals surface area (Å²) in [6.45, 7) is 6.96. The van der Waals surface area contributed by atoms with Gasteiger partial charge in [-0.15, -0.1) is 0 Å². The molecule has 1 amide bonds.